The lowest BCUT2D eigenvalue weighted by Crippen LogP contribution is -2.38. The van der Waals surface area contributed by atoms with Gasteiger partial charge in [-0.05, 0) is 18.8 Å². The van der Waals surface area contributed by atoms with E-state index in [9.17, 15) is 4.79 Å². The first kappa shape index (κ1) is 10.8. The largest absolute Gasteiger partial charge is 0.469 e. The molecule has 1 aliphatic carbocycles. The molecule has 1 fully saturated rings. The van der Waals surface area contributed by atoms with Crippen molar-refractivity contribution in [2.24, 2.45) is 11.8 Å². The summed E-state index contributed by atoms with van der Waals surface area (Å²) in [4.78, 5) is 11.3. The van der Waals surface area contributed by atoms with E-state index in [1.54, 1.807) is 0 Å². The molecule has 0 spiro atoms. The molecule has 76 valence electrons. The van der Waals surface area contributed by atoms with Crippen LogP contribution in [0.15, 0.2) is 0 Å². The van der Waals surface area contributed by atoms with Gasteiger partial charge in [-0.1, -0.05) is 25.7 Å². The molecule has 0 saturated heterocycles. The normalized spacial score (nSPS) is 28.0. The van der Waals surface area contributed by atoms with Gasteiger partial charge in [-0.3, -0.25) is 4.79 Å². The molecule has 0 aromatic heterocycles. The van der Waals surface area contributed by atoms with Gasteiger partial charge in [0.05, 0.1) is 13.0 Å². The van der Waals surface area contributed by atoms with Gasteiger partial charge >= 0.3 is 5.97 Å². The molecule has 0 heterocycles. The van der Waals surface area contributed by atoms with Crippen molar-refractivity contribution in [3.63, 3.8) is 0 Å². The number of carbonyl (C=O) groups is 1. The highest BCUT2D eigenvalue weighted by molar-refractivity contribution is 6.76. The lowest BCUT2D eigenvalue weighted by molar-refractivity contribution is -0.151. The summed E-state index contributed by atoms with van der Waals surface area (Å²) in [5, 5.41) is 0. The molecule has 2 atom stereocenters. The number of hydrogen-bond donors (Lipinski definition) is 0. The Hall–Kier alpha value is -0.313. The molecule has 1 rings (SSSR count). The van der Waals surface area contributed by atoms with Gasteiger partial charge in [0.2, 0.25) is 0 Å². The number of methoxy groups -OCH3 is 1. The third-order valence-electron chi connectivity index (χ3n) is 2.80. The van der Waals surface area contributed by atoms with Gasteiger partial charge in [0, 0.05) is 8.07 Å². The number of carbonyl (C=O) groups excluding carboxylic acids is 1. The molecule has 0 aromatic rings. The van der Waals surface area contributed by atoms with E-state index in [-0.39, 0.29) is 11.9 Å². The summed E-state index contributed by atoms with van der Waals surface area (Å²) in [5.74, 6) is 0.852. The standard InChI is InChI=1S/C10H20O2Si/c1-12-10(11)9-6-5-8(9)7-13(2,3)4/h8-9H,5-7H2,1-4H3/t8-,9+/m1/s1. The molecule has 1 aliphatic rings. The van der Waals surface area contributed by atoms with Crippen molar-refractivity contribution < 1.29 is 9.53 Å². The van der Waals surface area contributed by atoms with Crippen LogP contribution in [-0.2, 0) is 9.53 Å². The third kappa shape index (κ3) is 2.83. The molecule has 0 amide bonds. The Labute approximate surface area is 81.7 Å². The van der Waals surface area contributed by atoms with E-state index in [1.807, 2.05) is 0 Å². The summed E-state index contributed by atoms with van der Waals surface area (Å²) in [6.07, 6.45) is 2.27. The molecule has 13 heavy (non-hydrogen) atoms. The minimum absolute atomic E-state index is 0.00880. The van der Waals surface area contributed by atoms with Crippen molar-refractivity contribution in [3.05, 3.63) is 0 Å². The average molecular weight is 200 g/mol. The van der Waals surface area contributed by atoms with Gasteiger partial charge in [0.15, 0.2) is 0 Å². The van der Waals surface area contributed by atoms with Crippen LogP contribution in [0.1, 0.15) is 12.8 Å². The molecule has 0 unspecified atom stereocenters. The summed E-state index contributed by atoms with van der Waals surface area (Å²) in [7, 11) is 0.494. The first-order valence-electron chi connectivity index (χ1n) is 5.02. The van der Waals surface area contributed by atoms with Crippen LogP contribution in [0, 0.1) is 11.8 Å². The molecule has 0 radical (unpaired) electrons. The third-order valence-corrected chi connectivity index (χ3v) is 4.55. The van der Waals surface area contributed by atoms with Gasteiger partial charge < -0.3 is 4.74 Å². The van der Waals surface area contributed by atoms with Crippen LogP contribution in [-0.4, -0.2) is 21.2 Å². The van der Waals surface area contributed by atoms with Gasteiger partial charge in [0.25, 0.3) is 0 Å². The SMILES string of the molecule is COC(=O)[C@H]1CC[C@@H]1C[Si](C)(C)C. The number of rotatable bonds is 3. The Kier molecular flexibility index (Phi) is 3.17. The van der Waals surface area contributed by atoms with Crippen LogP contribution in [0.5, 0.6) is 0 Å². The Morgan fingerprint density at radius 1 is 1.38 bits per heavy atom. The van der Waals surface area contributed by atoms with Crippen LogP contribution in [0.3, 0.4) is 0 Å². The fraction of sp³-hybridized carbons (Fsp3) is 0.900. The van der Waals surface area contributed by atoms with Gasteiger partial charge in [-0.2, -0.15) is 0 Å². The molecule has 0 N–H and O–H groups in total. The lowest BCUT2D eigenvalue weighted by Gasteiger charge is -2.37. The Bertz CT molecular complexity index is 196. The number of ether oxygens (including phenoxy) is 1. The summed E-state index contributed by atoms with van der Waals surface area (Å²) >= 11 is 0. The van der Waals surface area contributed by atoms with Crippen LogP contribution >= 0.6 is 0 Å². The Balaban J connectivity index is 2.41. The van der Waals surface area contributed by atoms with Crippen LogP contribution in [0.2, 0.25) is 25.7 Å². The maximum absolute atomic E-state index is 11.3. The molecule has 0 aromatic carbocycles. The first-order valence-corrected chi connectivity index (χ1v) is 8.72. The summed E-state index contributed by atoms with van der Waals surface area (Å²) in [5.41, 5.74) is 0. The van der Waals surface area contributed by atoms with E-state index in [2.05, 4.69) is 19.6 Å². The summed E-state index contributed by atoms with van der Waals surface area (Å²) in [6, 6.07) is 1.27. The highest BCUT2D eigenvalue weighted by Gasteiger charge is 2.39. The molecule has 3 heteroatoms. The van der Waals surface area contributed by atoms with Crippen molar-refractivity contribution in [1.29, 1.82) is 0 Å². The molecule has 2 nitrogen and oxygen atoms in total. The number of esters is 1. The predicted molar refractivity (Wildman–Crippen MR) is 56.4 cm³/mol. The maximum Gasteiger partial charge on any atom is 0.308 e. The van der Waals surface area contributed by atoms with Crippen molar-refractivity contribution in [3.8, 4) is 0 Å². The lowest BCUT2D eigenvalue weighted by atomic mass is 9.75. The second-order valence-electron chi connectivity index (χ2n) is 5.23. The van der Waals surface area contributed by atoms with E-state index >= 15 is 0 Å². The number of hydrogen-bond acceptors (Lipinski definition) is 2. The first-order chi connectivity index (χ1) is 5.94. The Morgan fingerprint density at radius 3 is 2.31 bits per heavy atom. The molecule has 1 saturated carbocycles. The van der Waals surface area contributed by atoms with E-state index in [4.69, 9.17) is 4.74 Å². The fourth-order valence-corrected chi connectivity index (χ4v) is 4.12. The topological polar surface area (TPSA) is 26.3 Å². The minimum atomic E-state index is -0.998. The van der Waals surface area contributed by atoms with E-state index in [0.717, 1.165) is 6.42 Å². The van der Waals surface area contributed by atoms with Crippen molar-refractivity contribution in [1.82, 2.24) is 0 Å². The monoisotopic (exact) mass is 200 g/mol. The highest BCUT2D eigenvalue weighted by atomic mass is 28.3. The average Bonchev–Trinajstić information content (AvgIpc) is 1.96. The van der Waals surface area contributed by atoms with Crippen LogP contribution in [0.25, 0.3) is 0 Å². The molecule has 0 aliphatic heterocycles. The predicted octanol–water partition coefficient (Wildman–Crippen LogP) is 2.52. The maximum atomic E-state index is 11.3. The van der Waals surface area contributed by atoms with E-state index < -0.39 is 8.07 Å². The quantitative estimate of drug-likeness (QED) is 0.517. The van der Waals surface area contributed by atoms with Crippen LogP contribution < -0.4 is 0 Å². The second-order valence-corrected chi connectivity index (χ2v) is 10.8. The van der Waals surface area contributed by atoms with Gasteiger partial charge in [0.1, 0.15) is 0 Å². The Morgan fingerprint density at radius 2 is 2.00 bits per heavy atom. The van der Waals surface area contributed by atoms with Crippen molar-refractivity contribution >= 4 is 14.0 Å². The van der Waals surface area contributed by atoms with Crippen molar-refractivity contribution in [2.45, 2.75) is 38.5 Å². The van der Waals surface area contributed by atoms with Gasteiger partial charge in [-0.15, -0.1) is 0 Å². The zero-order chi connectivity index (χ0) is 10.1. The fourth-order valence-electron chi connectivity index (χ4n) is 2.06. The summed E-state index contributed by atoms with van der Waals surface area (Å²) in [6.45, 7) is 7.08. The highest BCUT2D eigenvalue weighted by Crippen LogP contribution is 2.40. The van der Waals surface area contributed by atoms with E-state index in [1.165, 1.54) is 19.6 Å². The minimum Gasteiger partial charge on any atom is -0.469 e. The van der Waals surface area contributed by atoms with Crippen LogP contribution in [0.4, 0.5) is 0 Å². The zero-order valence-electron chi connectivity index (χ0n) is 9.09. The second kappa shape index (κ2) is 3.82. The van der Waals surface area contributed by atoms with E-state index in [0.29, 0.717) is 5.92 Å². The molecular weight excluding hydrogens is 180 g/mol. The molecule has 0 bridgehead atoms. The summed E-state index contributed by atoms with van der Waals surface area (Å²) < 4.78 is 4.78. The zero-order valence-corrected chi connectivity index (χ0v) is 10.1. The molecular formula is C10H20O2Si. The van der Waals surface area contributed by atoms with Gasteiger partial charge in [-0.25, -0.2) is 0 Å². The smallest absolute Gasteiger partial charge is 0.308 e. The van der Waals surface area contributed by atoms with Crippen molar-refractivity contribution in [2.75, 3.05) is 7.11 Å².